The van der Waals surface area contributed by atoms with E-state index in [0.717, 1.165) is 16.8 Å². The summed E-state index contributed by atoms with van der Waals surface area (Å²) < 4.78 is 0. The third kappa shape index (κ3) is 4.85. The Kier molecular flexibility index (Phi) is 6.00. The van der Waals surface area contributed by atoms with Crippen LogP contribution in [0.5, 0.6) is 0 Å². The average Bonchev–Trinajstić information content (AvgIpc) is 3.15. The van der Waals surface area contributed by atoms with Crippen molar-refractivity contribution in [3.05, 3.63) is 93.4 Å². The molecule has 1 amide bonds. The first kappa shape index (κ1) is 21.5. The Morgan fingerprint density at radius 3 is 2.55 bits per heavy atom. The number of nitrogens with zero attached hydrogens (tertiary/aromatic N) is 3. The lowest BCUT2D eigenvalue weighted by Gasteiger charge is -2.06. The van der Waals surface area contributed by atoms with Gasteiger partial charge in [-0.05, 0) is 59.8 Å². The minimum atomic E-state index is -0.243. The van der Waals surface area contributed by atoms with E-state index in [2.05, 4.69) is 25.6 Å². The van der Waals surface area contributed by atoms with Crippen LogP contribution < -0.4 is 10.6 Å². The second kappa shape index (κ2) is 9.23. The van der Waals surface area contributed by atoms with Crippen LogP contribution in [0, 0.1) is 0 Å². The molecule has 0 bridgehead atoms. The molecule has 1 aliphatic rings. The summed E-state index contributed by atoms with van der Waals surface area (Å²) in [5.74, 6) is 0.394. The molecule has 0 atom stereocenters. The Hall–Kier alpha value is -3.39. The maximum Gasteiger partial charge on any atom is 0.264 e. The SMILES string of the molecule is O=C1NC(=Nc2c(Cl)cccc2Cl)S/C1=C\c1ccc2ncc(Nc3ccccc3)nc2c1. The molecule has 0 aliphatic carbocycles. The third-order valence-corrected chi connectivity index (χ3v) is 6.23. The number of aliphatic imine (C=N–C) groups is 1. The Morgan fingerprint density at radius 2 is 1.76 bits per heavy atom. The van der Waals surface area contributed by atoms with E-state index in [0.29, 0.717) is 37.1 Å². The molecule has 33 heavy (non-hydrogen) atoms. The molecule has 5 rings (SSSR count). The topological polar surface area (TPSA) is 79.3 Å². The number of halogens is 2. The van der Waals surface area contributed by atoms with Crippen LogP contribution in [0.1, 0.15) is 5.56 Å². The van der Waals surface area contributed by atoms with Crippen LogP contribution in [0.15, 0.2) is 82.8 Å². The summed E-state index contributed by atoms with van der Waals surface area (Å²) in [4.78, 5) is 26.5. The number of rotatable bonds is 4. The molecule has 1 aliphatic heterocycles. The molecule has 0 spiro atoms. The molecule has 0 unspecified atom stereocenters. The summed E-state index contributed by atoms with van der Waals surface area (Å²) in [7, 11) is 0. The number of carbonyl (C=O) groups is 1. The van der Waals surface area contributed by atoms with Crippen molar-refractivity contribution in [1.82, 2.24) is 15.3 Å². The summed E-state index contributed by atoms with van der Waals surface area (Å²) in [5.41, 5.74) is 3.64. The zero-order chi connectivity index (χ0) is 22.8. The van der Waals surface area contributed by atoms with Crippen LogP contribution in [0.3, 0.4) is 0 Å². The van der Waals surface area contributed by atoms with Crippen molar-refractivity contribution in [1.29, 1.82) is 0 Å². The van der Waals surface area contributed by atoms with Crippen molar-refractivity contribution in [3.63, 3.8) is 0 Å². The number of amides is 1. The molecule has 3 aromatic carbocycles. The van der Waals surface area contributed by atoms with Crippen molar-refractivity contribution >= 4 is 80.3 Å². The molecule has 0 saturated carbocycles. The smallest absolute Gasteiger partial charge is 0.264 e. The normalized spacial score (nSPS) is 15.9. The quantitative estimate of drug-likeness (QED) is 0.315. The van der Waals surface area contributed by atoms with E-state index in [4.69, 9.17) is 23.2 Å². The molecule has 162 valence electrons. The maximum absolute atomic E-state index is 12.5. The summed E-state index contributed by atoms with van der Waals surface area (Å²) in [6, 6.07) is 20.5. The number of anilines is 2. The van der Waals surface area contributed by atoms with E-state index >= 15 is 0 Å². The lowest BCUT2D eigenvalue weighted by atomic mass is 10.2. The van der Waals surface area contributed by atoms with E-state index < -0.39 is 0 Å². The molecule has 1 saturated heterocycles. The Morgan fingerprint density at radius 1 is 0.970 bits per heavy atom. The summed E-state index contributed by atoms with van der Waals surface area (Å²) >= 11 is 13.6. The van der Waals surface area contributed by atoms with Gasteiger partial charge in [-0.1, -0.05) is 53.5 Å². The van der Waals surface area contributed by atoms with Crippen molar-refractivity contribution in [2.24, 2.45) is 4.99 Å². The lowest BCUT2D eigenvalue weighted by molar-refractivity contribution is -0.115. The van der Waals surface area contributed by atoms with Gasteiger partial charge in [-0.25, -0.2) is 9.98 Å². The molecule has 1 aromatic heterocycles. The van der Waals surface area contributed by atoms with E-state index in [1.807, 2.05) is 48.5 Å². The Balaban J connectivity index is 1.41. The maximum atomic E-state index is 12.5. The largest absolute Gasteiger partial charge is 0.339 e. The zero-order valence-corrected chi connectivity index (χ0v) is 19.2. The number of fused-ring (bicyclic) bond motifs is 1. The number of thioether (sulfide) groups is 1. The molecule has 1 fully saturated rings. The van der Waals surface area contributed by atoms with Gasteiger partial charge in [0.05, 0.1) is 32.2 Å². The number of hydrogen-bond donors (Lipinski definition) is 2. The number of amidine groups is 1. The Bertz CT molecular complexity index is 1420. The van der Waals surface area contributed by atoms with Gasteiger partial charge in [0.15, 0.2) is 5.17 Å². The fraction of sp³-hybridized carbons (Fsp3) is 0. The number of nitrogens with one attached hydrogen (secondary N) is 2. The minimum absolute atomic E-state index is 0.243. The minimum Gasteiger partial charge on any atom is -0.339 e. The highest BCUT2D eigenvalue weighted by atomic mass is 35.5. The molecule has 2 N–H and O–H groups in total. The highest BCUT2D eigenvalue weighted by molar-refractivity contribution is 8.18. The van der Waals surface area contributed by atoms with Crippen LogP contribution in [0.25, 0.3) is 17.1 Å². The van der Waals surface area contributed by atoms with Gasteiger partial charge in [0.2, 0.25) is 0 Å². The highest BCUT2D eigenvalue weighted by Crippen LogP contribution is 2.35. The van der Waals surface area contributed by atoms with E-state index in [1.54, 1.807) is 30.5 Å². The number of hydrogen-bond acceptors (Lipinski definition) is 6. The molecule has 9 heteroatoms. The van der Waals surface area contributed by atoms with E-state index in [1.165, 1.54) is 11.8 Å². The number of para-hydroxylation sites is 2. The van der Waals surface area contributed by atoms with Gasteiger partial charge in [0.25, 0.3) is 5.91 Å². The molecule has 6 nitrogen and oxygen atoms in total. The summed E-state index contributed by atoms with van der Waals surface area (Å²) in [5, 5.41) is 7.23. The second-order valence-corrected chi connectivity index (χ2v) is 8.89. The van der Waals surface area contributed by atoms with Gasteiger partial charge in [0, 0.05) is 5.69 Å². The van der Waals surface area contributed by atoms with Crippen molar-refractivity contribution in [3.8, 4) is 0 Å². The van der Waals surface area contributed by atoms with Crippen LogP contribution in [0.4, 0.5) is 17.2 Å². The standard InChI is InChI=1S/C24H15Cl2N5OS/c25-16-7-4-8-17(26)22(16)30-24-31-23(32)20(33-24)12-14-9-10-18-19(11-14)29-21(13-27-18)28-15-5-2-1-3-6-15/h1-13H,(H,28,29)(H,30,31,32)/b20-12-. The summed E-state index contributed by atoms with van der Waals surface area (Å²) in [6.45, 7) is 0. The van der Waals surface area contributed by atoms with Crippen LogP contribution in [-0.2, 0) is 4.79 Å². The van der Waals surface area contributed by atoms with Gasteiger partial charge in [-0.2, -0.15) is 0 Å². The predicted octanol–water partition coefficient (Wildman–Crippen LogP) is 6.57. The van der Waals surface area contributed by atoms with Gasteiger partial charge >= 0.3 is 0 Å². The van der Waals surface area contributed by atoms with Crippen molar-refractivity contribution < 1.29 is 4.79 Å². The van der Waals surface area contributed by atoms with Gasteiger partial charge in [-0.3, -0.25) is 9.78 Å². The molecule has 2 heterocycles. The van der Waals surface area contributed by atoms with Gasteiger partial charge < -0.3 is 10.6 Å². The number of aromatic nitrogens is 2. The lowest BCUT2D eigenvalue weighted by Crippen LogP contribution is -2.19. The molecular weight excluding hydrogens is 477 g/mol. The van der Waals surface area contributed by atoms with Crippen LogP contribution >= 0.6 is 35.0 Å². The van der Waals surface area contributed by atoms with Crippen LogP contribution in [-0.4, -0.2) is 21.0 Å². The molecule has 0 radical (unpaired) electrons. The molecule has 4 aromatic rings. The van der Waals surface area contributed by atoms with Gasteiger partial charge in [0.1, 0.15) is 11.5 Å². The van der Waals surface area contributed by atoms with E-state index in [9.17, 15) is 4.79 Å². The monoisotopic (exact) mass is 491 g/mol. The third-order valence-electron chi connectivity index (χ3n) is 4.71. The first-order valence-electron chi connectivity index (χ1n) is 9.88. The van der Waals surface area contributed by atoms with Crippen molar-refractivity contribution in [2.45, 2.75) is 0 Å². The fourth-order valence-corrected chi connectivity index (χ4v) is 4.49. The van der Waals surface area contributed by atoms with Crippen molar-refractivity contribution in [2.75, 3.05) is 5.32 Å². The fourth-order valence-electron chi connectivity index (χ4n) is 3.18. The number of carbonyl (C=O) groups excluding carboxylic acids is 1. The average molecular weight is 492 g/mol. The van der Waals surface area contributed by atoms with E-state index in [-0.39, 0.29) is 5.91 Å². The van der Waals surface area contributed by atoms with Gasteiger partial charge in [-0.15, -0.1) is 0 Å². The molecular formula is C24H15Cl2N5OS. The first-order chi connectivity index (χ1) is 16.0. The first-order valence-corrected chi connectivity index (χ1v) is 11.4. The number of benzene rings is 3. The Labute approximate surface area is 203 Å². The zero-order valence-electron chi connectivity index (χ0n) is 16.9. The summed E-state index contributed by atoms with van der Waals surface area (Å²) in [6.07, 6.45) is 3.48. The second-order valence-electron chi connectivity index (χ2n) is 7.05. The highest BCUT2D eigenvalue weighted by Gasteiger charge is 2.24. The van der Waals surface area contributed by atoms with Crippen LogP contribution in [0.2, 0.25) is 10.0 Å². The predicted molar refractivity (Wildman–Crippen MR) is 137 cm³/mol.